The Morgan fingerprint density at radius 1 is 0.917 bits per heavy atom. The van der Waals surface area contributed by atoms with Crippen LogP contribution in [0.25, 0.3) is 28.0 Å². The lowest BCUT2D eigenvalue weighted by molar-refractivity contribution is -0.137. The van der Waals surface area contributed by atoms with E-state index in [0.29, 0.717) is 35.5 Å². The maximum atomic E-state index is 13.3. The van der Waals surface area contributed by atoms with Gasteiger partial charge in [-0.25, -0.2) is 4.98 Å². The van der Waals surface area contributed by atoms with E-state index in [2.05, 4.69) is 5.32 Å². The molecule has 36 heavy (non-hydrogen) atoms. The van der Waals surface area contributed by atoms with Crippen LogP contribution in [0.2, 0.25) is 0 Å². The molecule has 1 amide bonds. The largest absolute Gasteiger partial charge is 0.467 e. The van der Waals surface area contributed by atoms with Gasteiger partial charge in [-0.1, -0.05) is 42.5 Å². The van der Waals surface area contributed by atoms with Gasteiger partial charge in [0.2, 0.25) is 5.91 Å². The first-order chi connectivity index (χ1) is 17.4. The Balaban J connectivity index is 1.49. The van der Waals surface area contributed by atoms with Crippen molar-refractivity contribution in [3.05, 3.63) is 108 Å². The number of rotatable bonds is 7. The highest BCUT2D eigenvalue weighted by molar-refractivity contribution is 5.77. The minimum atomic E-state index is -4.43. The second kappa shape index (κ2) is 9.73. The van der Waals surface area contributed by atoms with E-state index in [0.717, 1.165) is 29.1 Å². The zero-order chi connectivity index (χ0) is 25.1. The molecule has 0 atom stereocenters. The van der Waals surface area contributed by atoms with Crippen LogP contribution in [0.5, 0.6) is 0 Å². The molecule has 1 N–H and O–H groups in total. The number of hydrogen-bond acceptors (Lipinski definition) is 3. The van der Waals surface area contributed by atoms with Gasteiger partial charge in [-0.3, -0.25) is 4.79 Å². The fourth-order valence-electron chi connectivity index (χ4n) is 4.12. The fourth-order valence-corrected chi connectivity index (χ4v) is 4.12. The third kappa shape index (κ3) is 5.02. The number of carbonyl (C=O) groups is 1. The number of benzene rings is 2. The van der Waals surface area contributed by atoms with Crippen molar-refractivity contribution in [2.75, 3.05) is 0 Å². The van der Waals surface area contributed by atoms with E-state index in [1.807, 2.05) is 34.7 Å². The van der Waals surface area contributed by atoms with Crippen molar-refractivity contribution in [3.8, 4) is 22.4 Å². The number of fused-ring (bicyclic) bond motifs is 1. The molecule has 5 aromatic rings. The number of aryl methyl sites for hydroxylation is 1. The molecule has 0 fully saturated rings. The van der Waals surface area contributed by atoms with Crippen molar-refractivity contribution in [1.82, 2.24) is 14.7 Å². The molecule has 0 aliphatic rings. The Morgan fingerprint density at radius 3 is 2.47 bits per heavy atom. The van der Waals surface area contributed by atoms with E-state index in [-0.39, 0.29) is 12.3 Å². The number of imidazole rings is 1. The van der Waals surface area contributed by atoms with Crippen molar-refractivity contribution >= 4 is 11.6 Å². The number of amides is 1. The average molecular weight is 489 g/mol. The predicted molar refractivity (Wildman–Crippen MR) is 130 cm³/mol. The summed E-state index contributed by atoms with van der Waals surface area (Å²) in [5.74, 6) is 0.517. The quantitative estimate of drug-likeness (QED) is 0.283. The van der Waals surface area contributed by atoms with Gasteiger partial charge in [0.15, 0.2) is 0 Å². The Kier molecular flexibility index (Phi) is 6.33. The monoisotopic (exact) mass is 489 g/mol. The van der Waals surface area contributed by atoms with E-state index in [4.69, 9.17) is 9.40 Å². The highest BCUT2D eigenvalue weighted by atomic mass is 19.4. The first kappa shape index (κ1) is 23.4. The van der Waals surface area contributed by atoms with Gasteiger partial charge in [0.25, 0.3) is 0 Å². The van der Waals surface area contributed by atoms with Crippen LogP contribution < -0.4 is 5.32 Å². The molecule has 0 bridgehead atoms. The summed E-state index contributed by atoms with van der Waals surface area (Å²) in [7, 11) is 0. The highest BCUT2D eigenvalue weighted by Gasteiger charge is 2.30. The van der Waals surface area contributed by atoms with Crippen LogP contribution in [0.1, 0.15) is 23.4 Å². The average Bonchev–Trinajstić information content (AvgIpc) is 3.54. The lowest BCUT2D eigenvalue weighted by Gasteiger charge is -2.10. The molecule has 182 valence electrons. The van der Waals surface area contributed by atoms with Crippen molar-refractivity contribution < 1.29 is 22.4 Å². The van der Waals surface area contributed by atoms with Gasteiger partial charge in [-0.15, -0.1) is 0 Å². The van der Waals surface area contributed by atoms with Crippen LogP contribution >= 0.6 is 0 Å². The normalized spacial score (nSPS) is 11.6. The molecular formula is C28H22F3N3O2. The molecule has 3 heterocycles. The summed E-state index contributed by atoms with van der Waals surface area (Å²) in [5, 5.41) is 2.84. The van der Waals surface area contributed by atoms with Gasteiger partial charge in [-0.2, -0.15) is 13.2 Å². The van der Waals surface area contributed by atoms with Gasteiger partial charge in [0, 0.05) is 18.2 Å². The van der Waals surface area contributed by atoms with E-state index in [1.165, 1.54) is 6.07 Å². The molecule has 5 nitrogen and oxygen atoms in total. The highest BCUT2D eigenvalue weighted by Crippen LogP contribution is 2.33. The zero-order valence-corrected chi connectivity index (χ0v) is 19.1. The Bertz CT molecular complexity index is 1490. The SMILES string of the molecule is O=C(CCc1c(-c2ccccc2)nc2ccc(-c3cccc(C(F)(F)F)c3)cn12)NCc1ccco1. The van der Waals surface area contributed by atoms with E-state index in [1.54, 1.807) is 42.8 Å². The molecule has 0 saturated heterocycles. The molecule has 0 aliphatic heterocycles. The summed E-state index contributed by atoms with van der Waals surface area (Å²) in [6.07, 6.45) is -0.498. The maximum absolute atomic E-state index is 13.3. The van der Waals surface area contributed by atoms with Crippen LogP contribution in [0.3, 0.4) is 0 Å². The van der Waals surface area contributed by atoms with Crippen molar-refractivity contribution in [1.29, 1.82) is 0 Å². The smallest absolute Gasteiger partial charge is 0.416 e. The molecule has 0 saturated carbocycles. The number of aromatic nitrogens is 2. The number of nitrogens with one attached hydrogen (secondary N) is 1. The molecular weight excluding hydrogens is 467 g/mol. The van der Waals surface area contributed by atoms with Crippen LogP contribution in [0.15, 0.2) is 95.7 Å². The van der Waals surface area contributed by atoms with Crippen molar-refractivity contribution in [2.24, 2.45) is 0 Å². The molecule has 0 unspecified atom stereocenters. The van der Waals surface area contributed by atoms with Crippen molar-refractivity contribution in [3.63, 3.8) is 0 Å². The van der Waals surface area contributed by atoms with Crippen LogP contribution in [-0.2, 0) is 23.9 Å². The zero-order valence-electron chi connectivity index (χ0n) is 19.1. The number of pyridine rings is 1. The number of carbonyl (C=O) groups excluding carboxylic acids is 1. The second-order valence-corrected chi connectivity index (χ2v) is 8.35. The fraction of sp³-hybridized carbons (Fsp3) is 0.143. The summed E-state index contributed by atoms with van der Waals surface area (Å²) in [4.78, 5) is 17.3. The Hall–Kier alpha value is -4.33. The Labute approximate surface area is 205 Å². The van der Waals surface area contributed by atoms with Gasteiger partial charge < -0.3 is 14.1 Å². The second-order valence-electron chi connectivity index (χ2n) is 8.35. The molecule has 3 aromatic heterocycles. The molecule has 0 aliphatic carbocycles. The lowest BCUT2D eigenvalue weighted by atomic mass is 10.0. The minimum Gasteiger partial charge on any atom is -0.467 e. The third-order valence-corrected chi connectivity index (χ3v) is 5.92. The summed E-state index contributed by atoms with van der Waals surface area (Å²) in [6, 6.07) is 21.9. The first-order valence-corrected chi connectivity index (χ1v) is 11.4. The standard InChI is InChI=1S/C28H22F3N3O2/c29-28(30,31)22-9-4-8-20(16-22)21-11-13-25-33-27(19-6-2-1-3-7-19)24(34(25)18-21)12-14-26(35)32-17-23-10-5-15-36-23/h1-11,13,15-16,18H,12,14,17H2,(H,32,35). The third-order valence-electron chi connectivity index (χ3n) is 5.92. The summed E-state index contributed by atoms with van der Waals surface area (Å²) >= 11 is 0. The Morgan fingerprint density at radius 2 is 1.72 bits per heavy atom. The molecule has 2 aromatic carbocycles. The van der Waals surface area contributed by atoms with Gasteiger partial charge in [0.1, 0.15) is 11.4 Å². The molecule has 5 rings (SSSR count). The van der Waals surface area contributed by atoms with Crippen LogP contribution in [-0.4, -0.2) is 15.3 Å². The number of nitrogens with zero attached hydrogens (tertiary/aromatic N) is 2. The van der Waals surface area contributed by atoms with E-state index in [9.17, 15) is 18.0 Å². The summed E-state index contributed by atoms with van der Waals surface area (Å²) < 4.78 is 46.9. The minimum absolute atomic E-state index is 0.144. The van der Waals surface area contributed by atoms with Crippen LogP contribution in [0, 0.1) is 0 Å². The summed E-state index contributed by atoms with van der Waals surface area (Å²) in [6.45, 7) is 0.296. The van der Waals surface area contributed by atoms with Gasteiger partial charge >= 0.3 is 6.18 Å². The van der Waals surface area contributed by atoms with Gasteiger partial charge in [0.05, 0.1) is 29.8 Å². The first-order valence-electron chi connectivity index (χ1n) is 11.4. The maximum Gasteiger partial charge on any atom is 0.416 e. The van der Waals surface area contributed by atoms with Gasteiger partial charge in [-0.05, 0) is 53.9 Å². The number of furan rings is 1. The number of hydrogen-bond donors (Lipinski definition) is 1. The number of alkyl halides is 3. The van der Waals surface area contributed by atoms with E-state index >= 15 is 0 Å². The lowest BCUT2D eigenvalue weighted by Crippen LogP contribution is -2.23. The van der Waals surface area contributed by atoms with Crippen molar-refractivity contribution in [2.45, 2.75) is 25.6 Å². The summed E-state index contributed by atoms with van der Waals surface area (Å²) in [5.41, 5.74) is 3.44. The predicted octanol–water partition coefficient (Wildman–Crippen LogP) is 6.53. The van der Waals surface area contributed by atoms with E-state index < -0.39 is 11.7 Å². The van der Waals surface area contributed by atoms with Crippen LogP contribution in [0.4, 0.5) is 13.2 Å². The molecule has 0 spiro atoms. The number of halogens is 3. The topological polar surface area (TPSA) is 59.5 Å². The molecule has 0 radical (unpaired) electrons. The molecule has 8 heteroatoms.